The summed E-state index contributed by atoms with van der Waals surface area (Å²) in [7, 11) is -2.52. The largest absolute Gasteiger partial charge is 0.506 e. The van der Waals surface area contributed by atoms with Gasteiger partial charge in [0.25, 0.3) is 10.0 Å². The number of benzene rings is 2. The molecule has 0 saturated carbocycles. The highest BCUT2D eigenvalue weighted by molar-refractivity contribution is 7.92. The maximum absolute atomic E-state index is 12.7. The predicted octanol–water partition coefficient (Wildman–Crippen LogP) is 2.46. The smallest absolute Gasteiger partial charge is 0.336 e. The Bertz CT molecular complexity index is 1070. The van der Waals surface area contributed by atoms with E-state index in [1.54, 1.807) is 18.2 Å². The fourth-order valence-electron chi connectivity index (χ4n) is 2.48. The Morgan fingerprint density at radius 2 is 1.80 bits per heavy atom. The molecule has 7 nitrogen and oxygen atoms in total. The highest BCUT2D eigenvalue weighted by Gasteiger charge is 2.23. The van der Waals surface area contributed by atoms with Crippen LogP contribution in [0.5, 0.6) is 5.75 Å². The molecule has 0 radical (unpaired) electrons. The Hall–Kier alpha value is -3.13. The molecule has 25 heavy (non-hydrogen) atoms. The zero-order chi connectivity index (χ0) is 18.2. The maximum Gasteiger partial charge on any atom is 0.336 e. The van der Waals surface area contributed by atoms with Crippen molar-refractivity contribution in [2.45, 2.75) is 4.90 Å². The van der Waals surface area contributed by atoms with Crippen molar-refractivity contribution in [3.63, 3.8) is 0 Å². The predicted molar refractivity (Wildman–Crippen MR) is 92.4 cm³/mol. The summed E-state index contributed by atoms with van der Waals surface area (Å²) in [4.78, 5) is 15.4. The molecule has 3 rings (SSSR count). The zero-order valence-corrected chi connectivity index (χ0v) is 13.9. The van der Waals surface area contributed by atoms with Gasteiger partial charge in [-0.15, -0.1) is 0 Å². The molecular weight excluding hydrogens is 344 g/mol. The second-order valence-corrected chi connectivity index (χ2v) is 7.28. The van der Waals surface area contributed by atoms with Crippen LogP contribution in [0.4, 0.5) is 5.69 Å². The molecule has 0 amide bonds. The van der Waals surface area contributed by atoms with Gasteiger partial charge in [-0.3, -0.25) is 9.29 Å². The Morgan fingerprint density at radius 1 is 1.12 bits per heavy atom. The van der Waals surface area contributed by atoms with Gasteiger partial charge in [0.1, 0.15) is 11.3 Å². The lowest BCUT2D eigenvalue weighted by molar-refractivity contribution is 0.0699. The molecular formula is C17H14N2O5S. The van der Waals surface area contributed by atoms with E-state index in [0.717, 1.165) is 4.31 Å². The third-order valence-electron chi connectivity index (χ3n) is 3.81. The normalized spacial score (nSPS) is 11.4. The average Bonchev–Trinajstić information content (AvgIpc) is 2.61. The molecule has 0 fully saturated rings. The van der Waals surface area contributed by atoms with E-state index < -0.39 is 16.0 Å². The minimum Gasteiger partial charge on any atom is -0.506 e. The Morgan fingerprint density at radius 3 is 2.44 bits per heavy atom. The number of sulfonamides is 1. The van der Waals surface area contributed by atoms with Crippen LogP contribution in [0, 0.1) is 0 Å². The van der Waals surface area contributed by atoms with Gasteiger partial charge in [0, 0.05) is 24.7 Å². The molecule has 2 aromatic carbocycles. The van der Waals surface area contributed by atoms with E-state index in [9.17, 15) is 23.4 Å². The Balaban J connectivity index is 2.19. The second-order valence-electron chi connectivity index (χ2n) is 5.31. The van der Waals surface area contributed by atoms with Crippen molar-refractivity contribution < 1.29 is 23.4 Å². The van der Waals surface area contributed by atoms with Crippen LogP contribution in [0.15, 0.2) is 59.6 Å². The Labute approximate surface area is 143 Å². The van der Waals surface area contributed by atoms with Crippen LogP contribution < -0.4 is 4.31 Å². The van der Waals surface area contributed by atoms with E-state index >= 15 is 0 Å². The molecule has 0 atom stereocenters. The van der Waals surface area contributed by atoms with Crippen molar-refractivity contribution in [3.05, 3.63) is 60.3 Å². The fraction of sp³-hybridized carbons (Fsp3) is 0.0588. The third kappa shape index (κ3) is 2.87. The Kier molecular flexibility index (Phi) is 4.05. The molecule has 3 aromatic rings. The van der Waals surface area contributed by atoms with Gasteiger partial charge in [-0.1, -0.05) is 18.2 Å². The van der Waals surface area contributed by atoms with Crippen molar-refractivity contribution in [2.24, 2.45) is 0 Å². The monoisotopic (exact) mass is 358 g/mol. The number of carbonyl (C=O) groups is 1. The van der Waals surface area contributed by atoms with Crippen molar-refractivity contribution in [1.29, 1.82) is 0 Å². The number of nitrogens with zero attached hydrogens (tertiary/aromatic N) is 2. The van der Waals surface area contributed by atoms with Crippen LogP contribution in [0.3, 0.4) is 0 Å². The average molecular weight is 358 g/mol. The van der Waals surface area contributed by atoms with Crippen LogP contribution in [-0.4, -0.2) is 36.6 Å². The number of phenolic OH excluding ortho intramolecular Hbond substituents is 1. The summed E-state index contributed by atoms with van der Waals surface area (Å²) < 4.78 is 26.4. The molecule has 0 aliphatic carbocycles. The summed E-state index contributed by atoms with van der Waals surface area (Å²) in [5.74, 6) is -1.50. The number of anilines is 1. The number of phenols is 1. The van der Waals surface area contributed by atoms with Crippen molar-refractivity contribution in [1.82, 2.24) is 4.98 Å². The SMILES string of the molecule is CN(c1cc(O)c2nccc(C(=O)O)c2c1)S(=O)(=O)c1ccccc1. The van der Waals surface area contributed by atoms with Gasteiger partial charge in [0.05, 0.1) is 16.1 Å². The number of aromatic nitrogens is 1. The van der Waals surface area contributed by atoms with Crippen molar-refractivity contribution in [3.8, 4) is 5.75 Å². The van der Waals surface area contributed by atoms with Gasteiger partial charge in [0.15, 0.2) is 0 Å². The summed E-state index contributed by atoms with van der Waals surface area (Å²) in [5, 5.41) is 19.6. The van der Waals surface area contributed by atoms with E-state index in [0.29, 0.717) is 0 Å². The van der Waals surface area contributed by atoms with E-state index in [-0.39, 0.29) is 32.8 Å². The number of hydrogen-bond donors (Lipinski definition) is 2. The topological polar surface area (TPSA) is 108 Å². The van der Waals surface area contributed by atoms with Crippen molar-refractivity contribution in [2.75, 3.05) is 11.4 Å². The molecule has 0 bridgehead atoms. The van der Waals surface area contributed by atoms with E-state index in [1.165, 1.54) is 43.6 Å². The highest BCUT2D eigenvalue weighted by atomic mass is 32.2. The van der Waals surface area contributed by atoms with Crippen molar-refractivity contribution >= 4 is 32.6 Å². The summed E-state index contributed by atoms with van der Waals surface area (Å²) in [6.45, 7) is 0. The molecule has 2 N–H and O–H groups in total. The molecule has 1 aromatic heterocycles. The number of carboxylic acids is 1. The molecule has 0 unspecified atom stereocenters. The van der Waals surface area contributed by atoms with Crippen LogP contribution in [0.25, 0.3) is 10.9 Å². The standard InChI is InChI=1S/C17H14N2O5S/c1-19(25(23,24)12-5-3-2-4-6-12)11-9-14-13(17(21)22)7-8-18-16(14)15(20)10-11/h2-10,20H,1H3,(H,21,22). The maximum atomic E-state index is 12.7. The van der Waals surface area contributed by atoms with Crippen LogP contribution in [0.2, 0.25) is 0 Å². The molecule has 1 heterocycles. The lowest BCUT2D eigenvalue weighted by atomic mass is 10.1. The van der Waals surface area contributed by atoms with Gasteiger partial charge in [0.2, 0.25) is 0 Å². The first kappa shape index (κ1) is 16.7. The fourth-order valence-corrected chi connectivity index (χ4v) is 3.68. The molecule has 0 aliphatic heterocycles. The summed E-state index contributed by atoms with van der Waals surface area (Å²) in [5.41, 5.74) is 0.145. The number of aromatic hydroxyl groups is 1. The van der Waals surface area contributed by atoms with Crippen LogP contribution >= 0.6 is 0 Å². The van der Waals surface area contributed by atoms with Gasteiger partial charge in [-0.25, -0.2) is 13.2 Å². The second kappa shape index (κ2) is 6.06. The van der Waals surface area contributed by atoms with Gasteiger partial charge in [-0.05, 0) is 24.3 Å². The van der Waals surface area contributed by atoms with Gasteiger partial charge < -0.3 is 10.2 Å². The number of carboxylic acid groups (broad SMARTS) is 1. The first-order valence-corrected chi connectivity index (χ1v) is 8.65. The number of pyridine rings is 1. The summed E-state index contributed by atoms with van der Waals surface area (Å²) >= 11 is 0. The third-order valence-corrected chi connectivity index (χ3v) is 5.60. The quantitative estimate of drug-likeness (QED) is 0.742. The molecule has 0 saturated heterocycles. The van der Waals surface area contributed by atoms with Crippen LogP contribution in [-0.2, 0) is 10.0 Å². The van der Waals surface area contributed by atoms with Crippen LogP contribution in [0.1, 0.15) is 10.4 Å². The molecule has 0 spiro atoms. The number of rotatable bonds is 4. The first-order chi connectivity index (χ1) is 11.8. The first-order valence-electron chi connectivity index (χ1n) is 7.21. The molecule has 8 heteroatoms. The number of fused-ring (bicyclic) bond motifs is 1. The molecule has 0 aliphatic rings. The summed E-state index contributed by atoms with van der Waals surface area (Å²) in [6.07, 6.45) is 1.27. The lowest BCUT2D eigenvalue weighted by Crippen LogP contribution is -2.26. The summed E-state index contributed by atoms with van der Waals surface area (Å²) in [6, 6.07) is 11.7. The number of hydrogen-bond acceptors (Lipinski definition) is 5. The molecule has 128 valence electrons. The minimum absolute atomic E-state index is 0.0762. The lowest BCUT2D eigenvalue weighted by Gasteiger charge is -2.20. The highest BCUT2D eigenvalue weighted by Crippen LogP contribution is 2.33. The van der Waals surface area contributed by atoms with E-state index in [2.05, 4.69) is 4.98 Å². The van der Waals surface area contributed by atoms with E-state index in [1.807, 2.05) is 0 Å². The number of aromatic carboxylic acids is 1. The van der Waals surface area contributed by atoms with E-state index in [4.69, 9.17) is 0 Å². The van der Waals surface area contributed by atoms with Gasteiger partial charge in [-0.2, -0.15) is 0 Å². The van der Waals surface area contributed by atoms with Gasteiger partial charge >= 0.3 is 5.97 Å². The zero-order valence-electron chi connectivity index (χ0n) is 13.1. The minimum atomic E-state index is -3.86.